The SMILES string of the molecule is CC1CCC(C(=O)c2ccc(S(C)(=O)=O)cc2)CC1C. The minimum absolute atomic E-state index is 0.0882. The summed E-state index contributed by atoms with van der Waals surface area (Å²) < 4.78 is 22.8. The highest BCUT2D eigenvalue weighted by atomic mass is 32.2. The smallest absolute Gasteiger partial charge is 0.175 e. The third kappa shape index (κ3) is 3.29. The third-order valence-electron chi connectivity index (χ3n) is 4.54. The lowest BCUT2D eigenvalue weighted by atomic mass is 9.73. The van der Waals surface area contributed by atoms with Gasteiger partial charge in [-0.3, -0.25) is 4.79 Å². The van der Waals surface area contributed by atoms with E-state index in [2.05, 4.69) is 13.8 Å². The fourth-order valence-electron chi connectivity index (χ4n) is 2.89. The molecular formula is C16H22O3S. The molecule has 0 bridgehead atoms. The predicted molar refractivity (Wildman–Crippen MR) is 79.6 cm³/mol. The van der Waals surface area contributed by atoms with Crippen molar-refractivity contribution in [1.29, 1.82) is 0 Å². The van der Waals surface area contributed by atoms with Gasteiger partial charge in [0.15, 0.2) is 15.6 Å². The molecule has 3 unspecified atom stereocenters. The number of rotatable bonds is 3. The largest absolute Gasteiger partial charge is 0.294 e. The first-order valence-electron chi connectivity index (χ1n) is 7.13. The average molecular weight is 294 g/mol. The number of benzene rings is 1. The van der Waals surface area contributed by atoms with Crippen LogP contribution in [0.15, 0.2) is 29.2 Å². The highest BCUT2D eigenvalue weighted by Crippen LogP contribution is 2.35. The Morgan fingerprint density at radius 2 is 1.65 bits per heavy atom. The molecule has 1 saturated carbocycles. The van der Waals surface area contributed by atoms with Crippen molar-refractivity contribution in [3.05, 3.63) is 29.8 Å². The van der Waals surface area contributed by atoms with Gasteiger partial charge >= 0.3 is 0 Å². The molecule has 2 rings (SSSR count). The van der Waals surface area contributed by atoms with E-state index in [4.69, 9.17) is 0 Å². The van der Waals surface area contributed by atoms with E-state index in [9.17, 15) is 13.2 Å². The standard InChI is InChI=1S/C16H22O3S/c1-11-4-5-14(10-12(11)2)16(17)13-6-8-15(9-7-13)20(3,18)19/h6-9,11-12,14H,4-5,10H2,1-3H3. The molecule has 0 N–H and O–H groups in total. The second kappa shape index (κ2) is 5.68. The van der Waals surface area contributed by atoms with Crippen LogP contribution in [-0.2, 0) is 9.84 Å². The van der Waals surface area contributed by atoms with Crippen LogP contribution in [0, 0.1) is 17.8 Å². The van der Waals surface area contributed by atoms with Gasteiger partial charge in [0.05, 0.1) is 4.90 Å². The maximum absolute atomic E-state index is 12.5. The van der Waals surface area contributed by atoms with E-state index in [0.29, 0.717) is 17.4 Å². The Kier molecular flexibility index (Phi) is 4.33. The van der Waals surface area contributed by atoms with Gasteiger partial charge in [0, 0.05) is 17.7 Å². The Balaban J connectivity index is 2.14. The van der Waals surface area contributed by atoms with Gasteiger partial charge in [-0.05, 0) is 43.2 Å². The van der Waals surface area contributed by atoms with E-state index in [1.807, 2.05) is 0 Å². The topological polar surface area (TPSA) is 51.2 Å². The summed E-state index contributed by atoms with van der Waals surface area (Å²) in [5, 5.41) is 0. The molecule has 0 saturated heterocycles. The number of sulfone groups is 1. The monoisotopic (exact) mass is 294 g/mol. The Morgan fingerprint density at radius 3 is 2.15 bits per heavy atom. The molecule has 4 heteroatoms. The molecule has 0 aliphatic heterocycles. The summed E-state index contributed by atoms with van der Waals surface area (Å²) in [6.45, 7) is 4.45. The molecule has 20 heavy (non-hydrogen) atoms. The van der Waals surface area contributed by atoms with E-state index < -0.39 is 9.84 Å². The van der Waals surface area contributed by atoms with Gasteiger partial charge in [-0.2, -0.15) is 0 Å². The second-order valence-electron chi connectivity index (χ2n) is 6.13. The first kappa shape index (κ1) is 15.2. The van der Waals surface area contributed by atoms with Crippen molar-refractivity contribution >= 4 is 15.6 Å². The summed E-state index contributed by atoms with van der Waals surface area (Å²) in [4.78, 5) is 12.7. The Hall–Kier alpha value is -1.16. The normalized spacial score (nSPS) is 27.2. The molecule has 0 amide bonds. The van der Waals surface area contributed by atoms with Crippen LogP contribution in [0.5, 0.6) is 0 Å². The van der Waals surface area contributed by atoms with Gasteiger partial charge in [0.2, 0.25) is 0 Å². The molecule has 1 fully saturated rings. The molecule has 3 atom stereocenters. The van der Waals surface area contributed by atoms with E-state index in [-0.39, 0.29) is 16.6 Å². The lowest BCUT2D eigenvalue weighted by molar-refractivity contribution is 0.0837. The minimum Gasteiger partial charge on any atom is -0.294 e. The Labute approximate surface area is 121 Å². The fourth-order valence-corrected chi connectivity index (χ4v) is 3.52. The van der Waals surface area contributed by atoms with Crippen molar-refractivity contribution in [2.45, 2.75) is 38.0 Å². The molecule has 0 aromatic heterocycles. The van der Waals surface area contributed by atoms with Crippen molar-refractivity contribution in [3.63, 3.8) is 0 Å². The van der Waals surface area contributed by atoms with Gasteiger partial charge in [0.25, 0.3) is 0 Å². The first-order valence-corrected chi connectivity index (χ1v) is 9.02. The molecule has 1 aromatic rings. The quantitative estimate of drug-likeness (QED) is 0.803. The van der Waals surface area contributed by atoms with Crippen LogP contribution >= 0.6 is 0 Å². The molecular weight excluding hydrogens is 272 g/mol. The molecule has 1 aliphatic rings. The van der Waals surface area contributed by atoms with Crippen LogP contribution in [0.25, 0.3) is 0 Å². The van der Waals surface area contributed by atoms with Gasteiger partial charge in [-0.1, -0.05) is 26.0 Å². The maximum Gasteiger partial charge on any atom is 0.175 e. The summed E-state index contributed by atoms with van der Waals surface area (Å²) in [6, 6.07) is 6.33. The zero-order chi connectivity index (χ0) is 14.9. The Bertz CT molecular complexity index is 587. The summed E-state index contributed by atoms with van der Waals surface area (Å²) in [7, 11) is -3.20. The van der Waals surface area contributed by atoms with Crippen LogP contribution < -0.4 is 0 Å². The lowest BCUT2D eigenvalue weighted by Gasteiger charge is -2.31. The molecule has 0 spiro atoms. The van der Waals surface area contributed by atoms with Crippen molar-refractivity contribution in [1.82, 2.24) is 0 Å². The van der Waals surface area contributed by atoms with E-state index in [1.165, 1.54) is 18.4 Å². The van der Waals surface area contributed by atoms with Crippen LogP contribution in [-0.4, -0.2) is 20.5 Å². The highest BCUT2D eigenvalue weighted by Gasteiger charge is 2.29. The van der Waals surface area contributed by atoms with Crippen molar-refractivity contribution in [2.24, 2.45) is 17.8 Å². The van der Waals surface area contributed by atoms with E-state index >= 15 is 0 Å². The molecule has 1 aromatic carbocycles. The lowest BCUT2D eigenvalue weighted by Crippen LogP contribution is -2.26. The molecule has 110 valence electrons. The fraction of sp³-hybridized carbons (Fsp3) is 0.562. The number of ketones is 1. The van der Waals surface area contributed by atoms with Crippen LogP contribution in [0.2, 0.25) is 0 Å². The van der Waals surface area contributed by atoms with Gasteiger partial charge in [-0.25, -0.2) is 8.42 Å². The number of carbonyl (C=O) groups is 1. The first-order chi connectivity index (χ1) is 9.29. The highest BCUT2D eigenvalue weighted by molar-refractivity contribution is 7.90. The predicted octanol–water partition coefficient (Wildman–Crippen LogP) is 3.35. The number of carbonyl (C=O) groups excluding carboxylic acids is 1. The average Bonchev–Trinajstić information content (AvgIpc) is 2.40. The second-order valence-corrected chi connectivity index (χ2v) is 8.14. The summed E-state index contributed by atoms with van der Waals surface area (Å²) in [5.74, 6) is 1.51. The summed E-state index contributed by atoms with van der Waals surface area (Å²) >= 11 is 0. The van der Waals surface area contributed by atoms with Crippen molar-refractivity contribution in [3.8, 4) is 0 Å². The van der Waals surface area contributed by atoms with E-state index in [0.717, 1.165) is 19.3 Å². The van der Waals surface area contributed by atoms with Gasteiger partial charge in [0.1, 0.15) is 0 Å². The summed E-state index contributed by atoms with van der Waals surface area (Å²) in [6.07, 6.45) is 4.15. The molecule has 1 aliphatic carbocycles. The zero-order valence-corrected chi connectivity index (χ0v) is 13.1. The van der Waals surface area contributed by atoms with Crippen molar-refractivity contribution < 1.29 is 13.2 Å². The third-order valence-corrected chi connectivity index (χ3v) is 5.66. The van der Waals surface area contributed by atoms with Gasteiger partial charge < -0.3 is 0 Å². The van der Waals surface area contributed by atoms with Crippen LogP contribution in [0.1, 0.15) is 43.5 Å². The van der Waals surface area contributed by atoms with Crippen LogP contribution in [0.3, 0.4) is 0 Å². The Morgan fingerprint density at radius 1 is 1.05 bits per heavy atom. The van der Waals surface area contributed by atoms with Gasteiger partial charge in [-0.15, -0.1) is 0 Å². The molecule has 0 heterocycles. The summed E-state index contributed by atoms with van der Waals surface area (Å²) in [5.41, 5.74) is 0.629. The van der Waals surface area contributed by atoms with E-state index in [1.54, 1.807) is 12.1 Å². The number of hydrogen-bond acceptors (Lipinski definition) is 3. The molecule has 0 radical (unpaired) electrons. The number of hydrogen-bond donors (Lipinski definition) is 0. The minimum atomic E-state index is -3.20. The molecule has 3 nitrogen and oxygen atoms in total. The number of Topliss-reactive ketones (excluding diaryl/α,β-unsaturated/α-hetero) is 1. The zero-order valence-electron chi connectivity index (χ0n) is 12.3. The van der Waals surface area contributed by atoms with Crippen molar-refractivity contribution in [2.75, 3.05) is 6.26 Å². The van der Waals surface area contributed by atoms with Crippen LogP contribution in [0.4, 0.5) is 0 Å². The maximum atomic E-state index is 12.5.